The van der Waals surface area contributed by atoms with Gasteiger partial charge >= 0.3 is 6.03 Å². The Morgan fingerprint density at radius 3 is 2.65 bits per heavy atom. The Bertz CT molecular complexity index is 1030. The normalized spacial score (nSPS) is 23.1. The fourth-order valence-electron chi connectivity index (χ4n) is 5.24. The molecular formula is C25H29N3O2S. The quantitative estimate of drug-likeness (QED) is 0.607. The van der Waals surface area contributed by atoms with E-state index < -0.39 is 6.04 Å². The van der Waals surface area contributed by atoms with E-state index in [2.05, 4.69) is 24.5 Å². The number of rotatable bonds is 2. The molecule has 1 atom stereocenters. The minimum absolute atomic E-state index is 0.112. The number of hydrogen-bond donors (Lipinski definition) is 2. The van der Waals surface area contributed by atoms with Gasteiger partial charge in [0.05, 0.1) is 11.4 Å². The number of para-hydroxylation sites is 2. The molecular weight excluding hydrogens is 406 g/mol. The zero-order chi connectivity index (χ0) is 21.6. The first-order valence-corrected chi connectivity index (χ1v) is 12.1. The number of anilines is 2. The summed E-state index contributed by atoms with van der Waals surface area (Å²) in [7, 11) is 0. The first-order valence-electron chi connectivity index (χ1n) is 11.2. The van der Waals surface area contributed by atoms with E-state index in [1.165, 1.54) is 0 Å². The number of amides is 2. The molecule has 2 N–H and O–H groups in total. The molecule has 2 aromatic rings. The molecule has 1 fully saturated rings. The van der Waals surface area contributed by atoms with E-state index in [9.17, 15) is 9.59 Å². The zero-order valence-corrected chi connectivity index (χ0v) is 18.9. The largest absolute Gasteiger partial charge is 0.357 e. The highest BCUT2D eigenvalue weighted by molar-refractivity contribution is 7.10. The molecule has 2 aliphatic carbocycles. The maximum atomic E-state index is 13.7. The number of carbonyl (C=O) groups excluding carboxylic acids is 2. The maximum Gasteiger partial charge on any atom is 0.323 e. The van der Waals surface area contributed by atoms with Crippen molar-refractivity contribution in [2.24, 2.45) is 5.41 Å². The van der Waals surface area contributed by atoms with E-state index in [4.69, 9.17) is 0 Å². The van der Waals surface area contributed by atoms with Crippen LogP contribution in [0.1, 0.15) is 63.3 Å². The van der Waals surface area contributed by atoms with Gasteiger partial charge in [-0.3, -0.25) is 9.69 Å². The predicted molar refractivity (Wildman–Crippen MR) is 125 cm³/mol. The third-order valence-electron chi connectivity index (χ3n) is 6.61. The lowest BCUT2D eigenvalue weighted by Gasteiger charge is -2.36. The first kappa shape index (κ1) is 20.3. The van der Waals surface area contributed by atoms with Gasteiger partial charge in [0.2, 0.25) is 0 Å². The molecule has 0 radical (unpaired) electrons. The first-order chi connectivity index (χ1) is 14.9. The second kappa shape index (κ2) is 7.83. The van der Waals surface area contributed by atoms with Gasteiger partial charge in [-0.25, -0.2) is 4.79 Å². The molecule has 3 aliphatic rings. The topological polar surface area (TPSA) is 61.4 Å². The van der Waals surface area contributed by atoms with Crippen molar-refractivity contribution in [1.82, 2.24) is 5.32 Å². The third-order valence-corrected chi connectivity index (χ3v) is 7.54. The van der Waals surface area contributed by atoms with Gasteiger partial charge in [-0.2, -0.15) is 0 Å². The van der Waals surface area contributed by atoms with Crippen molar-refractivity contribution in [3.8, 4) is 0 Å². The molecule has 0 bridgehead atoms. The van der Waals surface area contributed by atoms with Crippen LogP contribution in [0.25, 0.3) is 0 Å². The van der Waals surface area contributed by atoms with Crippen molar-refractivity contribution in [3.63, 3.8) is 0 Å². The molecule has 0 saturated heterocycles. The van der Waals surface area contributed by atoms with Gasteiger partial charge in [-0.15, -0.1) is 11.3 Å². The molecule has 2 amide bonds. The van der Waals surface area contributed by atoms with Gasteiger partial charge in [-0.05, 0) is 48.3 Å². The van der Waals surface area contributed by atoms with Crippen LogP contribution in [0.3, 0.4) is 0 Å². The minimum Gasteiger partial charge on any atom is -0.357 e. The van der Waals surface area contributed by atoms with Crippen molar-refractivity contribution < 1.29 is 9.59 Å². The number of benzene rings is 1. The predicted octanol–water partition coefficient (Wildman–Crippen LogP) is 6.02. The van der Waals surface area contributed by atoms with E-state index in [1.54, 1.807) is 11.3 Å². The summed E-state index contributed by atoms with van der Waals surface area (Å²) < 4.78 is 0. The number of nitrogens with zero attached hydrogens (tertiary/aromatic N) is 1. The van der Waals surface area contributed by atoms with Gasteiger partial charge in [0.15, 0.2) is 5.78 Å². The van der Waals surface area contributed by atoms with Crippen LogP contribution in [0.2, 0.25) is 0 Å². The standard InChI is InChI=1S/C25H29N3O2S/c1-25(2)14-18-22(20(29)15-25)23(21-12-7-13-31-21)28(19-11-6-5-10-17(19)27-18)24(30)26-16-8-3-4-9-16/h5-7,10-13,16,23,27H,3-4,8-9,14-15H2,1-2H3,(H,26,30)/t23-/m0/s1. The number of Topliss-reactive ketones (excluding diaryl/α,β-unsaturated/α-hetero) is 1. The van der Waals surface area contributed by atoms with Crippen LogP contribution in [0.15, 0.2) is 53.0 Å². The molecule has 2 heterocycles. The van der Waals surface area contributed by atoms with Crippen LogP contribution in [0.5, 0.6) is 0 Å². The number of hydrogen-bond acceptors (Lipinski definition) is 4. The van der Waals surface area contributed by atoms with Gasteiger partial charge in [-0.1, -0.05) is 44.9 Å². The SMILES string of the molecule is CC1(C)CC(=O)C2=C(C1)Nc1ccccc1N(C(=O)NC1CCCC1)[C@H]2c1cccs1. The molecule has 31 heavy (non-hydrogen) atoms. The van der Waals surface area contributed by atoms with Crippen molar-refractivity contribution >= 4 is 34.5 Å². The van der Waals surface area contributed by atoms with E-state index >= 15 is 0 Å². The lowest BCUT2D eigenvalue weighted by atomic mass is 9.74. The molecule has 1 aromatic carbocycles. The molecule has 5 nitrogen and oxygen atoms in total. The van der Waals surface area contributed by atoms with E-state index in [0.29, 0.717) is 6.42 Å². The Morgan fingerprint density at radius 1 is 1.13 bits per heavy atom. The van der Waals surface area contributed by atoms with Crippen molar-refractivity contribution in [3.05, 3.63) is 57.9 Å². The van der Waals surface area contributed by atoms with Crippen molar-refractivity contribution in [2.45, 2.75) is 64.5 Å². The number of thiophene rings is 1. The lowest BCUT2D eigenvalue weighted by Crippen LogP contribution is -2.47. The fraction of sp³-hybridized carbons (Fsp3) is 0.440. The third kappa shape index (κ3) is 3.78. The number of ketones is 1. The Hall–Kier alpha value is -2.60. The van der Waals surface area contributed by atoms with Crippen LogP contribution in [0, 0.1) is 5.41 Å². The number of carbonyl (C=O) groups is 2. The molecule has 6 heteroatoms. The summed E-state index contributed by atoms with van der Waals surface area (Å²) in [4.78, 5) is 30.1. The summed E-state index contributed by atoms with van der Waals surface area (Å²) in [5, 5.41) is 8.84. The van der Waals surface area contributed by atoms with Crippen LogP contribution >= 0.6 is 11.3 Å². The van der Waals surface area contributed by atoms with Crippen molar-refractivity contribution in [1.29, 1.82) is 0 Å². The van der Waals surface area contributed by atoms with Crippen LogP contribution in [-0.4, -0.2) is 17.9 Å². The molecule has 1 saturated carbocycles. The molecule has 5 rings (SSSR count). The molecule has 1 aromatic heterocycles. The van der Waals surface area contributed by atoms with Gasteiger partial charge in [0, 0.05) is 28.6 Å². The summed E-state index contributed by atoms with van der Waals surface area (Å²) in [6.07, 6.45) is 5.61. The van der Waals surface area contributed by atoms with E-state index in [-0.39, 0.29) is 23.3 Å². The minimum atomic E-state index is -0.420. The molecule has 0 unspecified atom stereocenters. The van der Waals surface area contributed by atoms with E-state index in [1.807, 2.05) is 46.7 Å². The van der Waals surface area contributed by atoms with Gasteiger partial charge in [0.1, 0.15) is 6.04 Å². The summed E-state index contributed by atoms with van der Waals surface area (Å²) >= 11 is 1.60. The molecule has 1 aliphatic heterocycles. The van der Waals surface area contributed by atoms with Crippen LogP contribution < -0.4 is 15.5 Å². The smallest absolute Gasteiger partial charge is 0.323 e. The Kier molecular flexibility index (Phi) is 5.13. The van der Waals surface area contributed by atoms with Crippen LogP contribution in [-0.2, 0) is 4.79 Å². The maximum absolute atomic E-state index is 13.7. The number of fused-ring (bicyclic) bond motifs is 1. The highest BCUT2D eigenvalue weighted by Crippen LogP contribution is 2.49. The lowest BCUT2D eigenvalue weighted by molar-refractivity contribution is -0.118. The van der Waals surface area contributed by atoms with Crippen LogP contribution in [0.4, 0.5) is 16.2 Å². The van der Waals surface area contributed by atoms with E-state index in [0.717, 1.165) is 59.6 Å². The second-order valence-electron chi connectivity index (χ2n) is 9.69. The summed E-state index contributed by atoms with van der Waals surface area (Å²) in [5.74, 6) is 0.128. The second-order valence-corrected chi connectivity index (χ2v) is 10.7. The Morgan fingerprint density at radius 2 is 1.90 bits per heavy atom. The van der Waals surface area contributed by atoms with Crippen molar-refractivity contribution in [2.75, 3.05) is 10.2 Å². The number of urea groups is 1. The zero-order valence-electron chi connectivity index (χ0n) is 18.1. The Labute approximate surface area is 187 Å². The Balaban J connectivity index is 1.67. The highest BCUT2D eigenvalue weighted by Gasteiger charge is 2.43. The summed E-state index contributed by atoms with van der Waals surface area (Å²) in [6.45, 7) is 4.27. The molecule has 0 spiro atoms. The van der Waals surface area contributed by atoms with Gasteiger partial charge in [0.25, 0.3) is 0 Å². The fourth-order valence-corrected chi connectivity index (χ4v) is 6.06. The highest BCUT2D eigenvalue weighted by atomic mass is 32.1. The molecule has 162 valence electrons. The number of allylic oxidation sites excluding steroid dienone is 1. The van der Waals surface area contributed by atoms with Gasteiger partial charge < -0.3 is 10.6 Å². The number of nitrogens with one attached hydrogen (secondary N) is 2. The summed E-state index contributed by atoms with van der Waals surface area (Å²) in [6, 6.07) is 11.6. The average molecular weight is 436 g/mol. The average Bonchev–Trinajstić information content (AvgIpc) is 3.39. The summed E-state index contributed by atoms with van der Waals surface area (Å²) in [5.41, 5.74) is 3.26. The monoisotopic (exact) mass is 435 g/mol.